The molecule has 147 heavy (non-hydrogen) atoms. The van der Waals surface area contributed by atoms with E-state index in [1.54, 1.807) is 27.9 Å². The maximum atomic E-state index is 10.5. The van der Waals surface area contributed by atoms with Gasteiger partial charge in [-0.25, -0.2) is 0 Å². The molecule has 0 heterocycles. The summed E-state index contributed by atoms with van der Waals surface area (Å²) in [6.45, 7) is 119. The van der Waals surface area contributed by atoms with E-state index in [1.165, 1.54) is 90.1 Å². The lowest BCUT2D eigenvalue weighted by molar-refractivity contribution is -0.119. The Balaban J connectivity index is -0.0000000437. The number of allylic oxidation sites excluding steroid dienone is 1. The average Bonchev–Trinajstić information content (AvgIpc) is 0.976. The zero-order valence-corrected chi connectivity index (χ0v) is 107. The van der Waals surface area contributed by atoms with Gasteiger partial charge in [-0.3, -0.25) is 4.79 Å². The number of hydrogen-bond acceptors (Lipinski definition) is 17. The van der Waals surface area contributed by atoms with Crippen molar-refractivity contribution in [3.05, 3.63) is 12.7 Å². The Kier molecular flexibility index (Phi) is 261. The predicted molar refractivity (Wildman–Crippen MR) is 689 cm³/mol. The van der Waals surface area contributed by atoms with Crippen LogP contribution >= 0.6 is 0 Å². The maximum Gasteiger partial charge on any atom is 0.216 e. The van der Waals surface area contributed by atoms with Crippen molar-refractivity contribution in [1.29, 1.82) is 0 Å². The van der Waals surface area contributed by atoms with E-state index in [0.29, 0.717) is 67.9 Å². The number of aliphatic hydroxyl groups excluding tert-OH is 3. The minimum atomic E-state index is -0.519. The summed E-state index contributed by atoms with van der Waals surface area (Å²) in [5, 5.41) is 41.2. The first-order valence-electron chi connectivity index (χ1n) is 56.7. The molecule has 0 aliphatic rings. The van der Waals surface area contributed by atoms with Crippen molar-refractivity contribution in [2.45, 2.75) is 556 Å². The van der Waals surface area contributed by atoms with Gasteiger partial charge in [-0.2, -0.15) is 0 Å². The first kappa shape index (κ1) is 211. The van der Waals surface area contributed by atoms with Gasteiger partial charge in [0.1, 0.15) is 17.9 Å². The van der Waals surface area contributed by atoms with E-state index < -0.39 is 6.10 Å². The second-order valence-corrected chi connectivity index (χ2v) is 46.6. The first-order valence-corrected chi connectivity index (χ1v) is 56.7. The van der Waals surface area contributed by atoms with Crippen LogP contribution in [0.5, 0.6) is 0 Å². The number of terminal acetylenes is 2. The number of ether oxygens (including phenoxy) is 1. The van der Waals surface area contributed by atoms with E-state index in [9.17, 15) is 19.2 Å². The lowest BCUT2D eigenvalue weighted by Crippen LogP contribution is -2.24. The number of hydrogen-bond donors (Lipinski definition) is 12. The number of nitrogens with two attached hydrogens (primary N) is 4. The summed E-state index contributed by atoms with van der Waals surface area (Å²) in [7, 11) is 7.94. The minimum Gasteiger partial charge on any atom is -0.396 e. The Labute approximate surface area is 937 Å². The van der Waals surface area contributed by atoms with E-state index in [0.717, 1.165) is 208 Å². The molecule has 18 nitrogen and oxygen atoms in total. The highest BCUT2D eigenvalue weighted by Crippen LogP contribution is 2.19. The third-order valence-corrected chi connectivity index (χ3v) is 17.3. The Morgan fingerprint density at radius 2 is 0.707 bits per heavy atom. The van der Waals surface area contributed by atoms with E-state index >= 15 is 0 Å². The molecule has 0 aromatic heterocycles. The van der Waals surface area contributed by atoms with Crippen molar-refractivity contribution in [2.75, 3.05) is 127 Å². The van der Waals surface area contributed by atoms with Crippen LogP contribution in [0.1, 0.15) is 544 Å². The normalized spacial score (nSPS) is 9.95. The number of nitrogens with zero attached hydrogens (tertiary/aromatic N) is 1. The molecular weight excluding hydrogens is 1820 g/mol. The molecule has 0 aliphatic carbocycles. The quantitative estimate of drug-likeness (QED) is 0.0117. The molecule has 0 aromatic rings. The Morgan fingerprint density at radius 1 is 0.401 bits per heavy atom. The highest BCUT2D eigenvalue weighted by Gasteiger charge is 2.13. The molecule has 0 rings (SSSR count). The number of aldehydes is 1. The molecule has 0 unspecified atom stereocenters. The Bertz CT molecular complexity index is 2040. The van der Waals surface area contributed by atoms with Gasteiger partial charge >= 0.3 is 0 Å². The van der Waals surface area contributed by atoms with E-state index in [4.69, 9.17) is 55.8 Å². The summed E-state index contributed by atoms with van der Waals surface area (Å²) in [6, 6.07) is 0.642. The summed E-state index contributed by atoms with van der Waals surface area (Å²) in [6.07, 6.45) is 41.7. The van der Waals surface area contributed by atoms with Crippen LogP contribution < -0.4 is 49.5 Å². The van der Waals surface area contributed by atoms with Crippen LogP contribution in [0, 0.1) is 130 Å². The van der Waals surface area contributed by atoms with Gasteiger partial charge in [0.15, 0.2) is 0 Å². The highest BCUT2D eigenvalue weighted by molar-refractivity contribution is 5.76. The van der Waals surface area contributed by atoms with Crippen LogP contribution in [0.3, 0.4) is 0 Å². The van der Waals surface area contributed by atoms with Gasteiger partial charge in [0.25, 0.3) is 0 Å². The maximum absolute atomic E-state index is 10.5. The van der Waals surface area contributed by atoms with Gasteiger partial charge in [-0.15, -0.1) is 31.3 Å². The molecule has 0 aromatic carbocycles. The fourth-order valence-electron chi connectivity index (χ4n) is 9.36. The number of carbonyl (C=O) groups is 4. The van der Waals surface area contributed by atoms with Crippen LogP contribution in [0.25, 0.3) is 0 Å². The van der Waals surface area contributed by atoms with Gasteiger partial charge in [0.2, 0.25) is 5.91 Å². The van der Waals surface area contributed by atoms with Crippen molar-refractivity contribution in [1.82, 2.24) is 31.5 Å². The number of nitrogens with one attached hydrogen (secondary N) is 5. The third kappa shape index (κ3) is 456. The monoisotopic (exact) mass is 2120 g/mol. The van der Waals surface area contributed by atoms with Crippen LogP contribution in [-0.4, -0.2) is 183 Å². The van der Waals surface area contributed by atoms with E-state index in [2.05, 4.69) is 348 Å². The minimum absolute atomic E-state index is 0. The second kappa shape index (κ2) is 181. The Morgan fingerprint density at radius 3 is 0.830 bits per heavy atom. The van der Waals surface area contributed by atoms with Crippen molar-refractivity contribution in [3.63, 3.8) is 0 Å². The predicted octanol–water partition coefficient (Wildman–Crippen LogP) is 34.1. The van der Waals surface area contributed by atoms with Crippen molar-refractivity contribution < 1.29 is 39.2 Å². The van der Waals surface area contributed by atoms with Crippen molar-refractivity contribution in [2.24, 2.45) is 128 Å². The molecule has 0 fully saturated rings. The molecule has 1 amide bonds. The van der Waals surface area contributed by atoms with Gasteiger partial charge in [0, 0.05) is 71.9 Å². The van der Waals surface area contributed by atoms with E-state index in [-0.39, 0.29) is 79.5 Å². The zero-order valence-electron chi connectivity index (χ0n) is 107. The fourth-order valence-corrected chi connectivity index (χ4v) is 9.36. The number of carbonyl (C=O) groups excluding carboxylic acids is 4. The topological polar surface area (TPSA) is 306 Å². The zero-order chi connectivity index (χ0) is 116. The number of methoxy groups -OCH3 is 1. The lowest BCUT2D eigenvalue weighted by Gasteiger charge is -2.14. The molecule has 16 N–H and O–H groups in total. The molecule has 0 saturated carbocycles. The SMILES string of the molecule is C.C.C.C.C.C.C#CCC(C)C.C#CCC(C)C.C=CCC(C)C.CC(=O)CC(C)(C)C.CC(=O)CC(C)(C)C.CC(=O)NCCC(C)C.CC(C)CC=O.CC(C)CCCO.CC(C)CCN.CC(C)CCN.CC(C)CCN.CC(C)CCN.CC(C)CCN(C)C.CC(C)CCNC(C)C.CC(C)C[C@H](O)CO.CCCC(C)C.CCCCC(C)C.CCCCNCC.CCCCNCCOC.CNCCC(C)C. The number of rotatable bonds is 50. The largest absolute Gasteiger partial charge is 0.396 e. The number of ketones is 2. The molecular formula is C129H302N10O8. The van der Waals surface area contributed by atoms with Crippen LogP contribution in [0.4, 0.5) is 0 Å². The summed E-state index contributed by atoms with van der Waals surface area (Å²) in [4.78, 5) is 43.1. The van der Waals surface area contributed by atoms with Crippen molar-refractivity contribution in [3.8, 4) is 24.7 Å². The fraction of sp³-hybridized carbons (Fsp3) is 0.922. The molecule has 0 radical (unpaired) electrons. The van der Waals surface area contributed by atoms with Gasteiger partial charge in [-0.05, 0) is 296 Å². The number of Topliss-reactive ketones (excluding diaryl/α,β-unsaturated/α-hetero) is 2. The first-order chi connectivity index (χ1) is 64.9. The number of amides is 1. The summed E-state index contributed by atoms with van der Waals surface area (Å²) in [5.41, 5.74) is 21.3. The van der Waals surface area contributed by atoms with Gasteiger partial charge in [0.05, 0.1) is 19.3 Å². The van der Waals surface area contributed by atoms with E-state index in [1.807, 2.05) is 40.8 Å². The Hall–Kier alpha value is -3.18. The second-order valence-electron chi connectivity index (χ2n) is 46.6. The van der Waals surface area contributed by atoms with Gasteiger partial charge < -0.3 is 88.9 Å². The van der Waals surface area contributed by atoms with Gasteiger partial charge in [-0.1, -0.05) is 407 Å². The smallest absolute Gasteiger partial charge is 0.216 e. The molecule has 916 valence electrons. The highest BCUT2D eigenvalue weighted by atomic mass is 16.5. The molecule has 0 saturated heterocycles. The average molecular weight is 2120 g/mol. The molecule has 0 aliphatic heterocycles. The van der Waals surface area contributed by atoms with Crippen molar-refractivity contribution >= 4 is 23.8 Å². The molecule has 1 atom stereocenters. The van der Waals surface area contributed by atoms with Crippen LogP contribution in [0.15, 0.2) is 12.7 Å². The summed E-state index contributed by atoms with van der Waals surface area (Å²) < 4.78 is 4.86. The summed E-state index contributed by atoms with van der Waals surface area (Å²) in [5.74, 6) is 17.7. The molecule has 0 bridgehead atoms. The number of aliphatic hydroxyl groups is 3. The third-order valence-electron chi connectivity index (χ3n) is 17.3. The molecule has 18 heteroatoms. The molecule has 0 spiro atoms. The lowest BCUT2D eigenvalue weighted by atomic mass is 9.90. The van der Waals surface area contributed by atoms with Crippen LogP contribution in [-0.2, 0) is 23.9 Å². The number of unbranched alkanes of at least 4 members (excludes halogenated alkanes) is 3. The summed E-state index contributed by atoms with van der Waals surface area (Å²) >= 11 is 0. The standard InChI is InChI=1S/C8H19N.C7H15NO.C7H17NO.C7H17N.2C7H14O.C7H16.2C6H15N.C6H14O2.C6H14O.C6H14.C6H12.2C6H10.4C5H13N.C5H10O.6CH4/c1-7(2)5-6-9-8(3)4;1-6(2)4-5-8-7(3)9;1-3-4-5-8-6-7-9-2;1-7(2)5-6-8(3)4;2*1-6(8)5-7(2,3)4;1-4-5-6-7(2)3;1-6(2)4-5-7-3;1-3-5-6-7-4-2;1-5(2)3-6(8)4-7;1-6(2)4-3-5-7;4*1-4-5-6(2)3;5*1-5(2)3-4-6;;;;;;/h7-9H,5-6H2,1-4H3;6H,4-5H2,1-3H3,(H,8,9);8H,3-7H2,1-2H3;7H,5-6H2,1-4H3;2*5H2,1-4H3;7H,4-6H2,1-3H3;6-7H,4-5H2,1-3H3;7H,3-6H2,1-2H3;5-8H,3-4H2,1-2H3;6-7H,3-5H2,1-2H3;6H,4-5H2,1-3H3;4,6H,1,5H2,2-3H3;2*1,6H,5H2,2-3H3;4*5H,3-4,6H2,1-2H3;4-5H,3H2,1-2H3;6*1H4/t;;;;;;;;;6-;;;;;;;;;;;;;;;;/m.........0................/s1. The van der Waals surface area contributed by atoms with Crippen LogP contribution in [0.2, 0.25) is 0 Å².